The Hall–Kier alpha value is -5.60. The minimum atomic E-state index is 0.199. The van der Waals surface area contributed by atoms with Crippen LogP contribution in [0.4, 0.5) is 0 Å². The molecule has 0 spiro atoms. The SMILES string of the molecule is Cc1c(COc2cc(OCc3cncc(C#N)c3)c(CNCc3cccnn3)cc2Cl)cccc1-c1cccc(OCc2cncnc2)c1Cl. The van der Waals surface area contributed by atoms with Crippen molar-refractivity contribution in [3.63, 3.8) is 0 Å². The third-order valence-corrected chi connectivity index (χ3v) is 8.46. The molecule has 50 heavy (non-hydrogen) atoms. The van der Waals surface area contributed by atoms with E-state index in [1.807, 2.05) is 61.5 Å². The summed E-state index contributed by atoms with van der Waals surface area (Å²) in [6, 6.07) is 22.9. The number of benzene rings is 3. The highest BCUT2D eigenvalue weighted by molar-refractivity contribution is 6.35. The number of pyridine rings is 1. The third kappa shape index (κ3) is 8.70. The first-order valence-electron chi connectivity index (χ1n) is 15.6. The highest BCUT2D eigenvalue weighted by Crippen LogP contribution is 2.39. The largest absolute Gasteiger partial charge is 0.488 e. The second-order valence-electron chi connectivity index (χ2n) is 11.2. The van der Waals surface area contributed by atoms with Gasteiger partial charge in [0.1, 0.15) is 49.5 Å². The predicted octanol–water partition coefficient (Wildman–Crippen LogP) is 7.84. The molecule has 0 unspecified atom stereocenters. The molecule has 0 radical (unpaired) electrons. The van der Waals surface area contributed by atoms with E-state index in [0.29, 0.717) is 52.6 Å². The van der Waals surface area contributed by atoms with E-state index in [0.717, 1.165) is 44.6 Å². The van der Waals surface area contributed by atoms with E-state index >= 15 is 0 Å². The molecular weight excluding hydrogens is 673 g/mol. The van der Waals surface area contributed by atoms with E-state index in [9.17, 15) is 5.26 Å². The van der Waals surface area contributed by atoms with Gasteiger partial charge in [0.2, 0.25) is 0 Å². The van der Waals surface area contributed by atoms with Crippen LogP contribution in [0.1, 0.15) is 39.1 Å². The molecule has 250 valence electrons. The van der Waals surface area contributed by atoms with E-state index in [1.165, 1.54) is 12.5 Å². The molecule has 0 saturated heterocycles. The Kier molecular flexibility index (Phi) is 11.4. The smallest absolute Gasteiger partial charge is 0.142 e. The van der Waals surface area contributed by atoms with Crippen LogP contribution in [0.25, 0.3) is 11.1 Å². The number of halogens is 2. The summed E-state index contributed by atoms with van der Waals surface area (Å²) >= 11 is 13.7. The number of aromatic nitrogens is 5. The molecule has 3 aromatic heterocycles. The van der Waals surface area contributed by atoms with Gasteiger partial charge in [-0.2, -0.15) is 15.5 Å². The second-order valence-corrected chi connectivity index (χ2v) is 12.0. The van der Waals surface area contributed by atoms with Crippen molar-refractivity contribution in [1.29, 1.82) is 5.26 Å². The maximum Gasteiger partial charge on any atom is 0.142 e. The maximum atomic E-state index is 9.29. The lowest BCUT2D eigenvalue weighted by molar-refractivity contribution is 0.287. The second kappa shape index (κ2) is 16.7. The van der Waals surface area contributed by atoms with Crippen molar-refractivity contribution in [2.75, 3.05) is 0 Å². The van der Waals surface area contributed by atoms with E-state index in [4.69, 9.17) is 37.4 Å². The fraction of sp³-hybridized carbons (Fsp3) is 0.158. The summed E-state index contributed by atoms with van der Waals surface area (Å²) < 4.78 is 18.6. The van der Waals surface area contributed by atoms with Crippen molar-refractivity contribution in [3.05, 3.63) is 153 Å². The van der Waals surface area contributed by atoms with Crippen LogP contribution in [-0.4, -0.2) is 25.1 Å². The van der Waals surface area contributed by atoms with Crippen molar-refractivity contribution < 1.29 is 14.2 Å². The third-order valence-electron chi connectivity index (χ3n) is 7.77. The van der Waals surface area contributed by atoms with Crippen molar-refractivity contribution >= 4 is 23.2 Å². The summed E-state index contributed by atoms with van der Waals surface area (Å²) in [5.41, 5.74) is 7.45. The van der Waals surface area contributed by atoms with Crippen molar-refractivity contribution in [2.45, 2.75) is 39.8 Å². The first-order chi connectivity index (χ1) is 24.5. The standard InChI is InChI=1S/C38H31Cl2N7O3/c1-25-29(5-2-7-32(25)33-8-3-9-35(38(33)40)48-22-28-17-44-24-45-18-28)23-50-37-13-36(49-21-27-11-26(14-41)15-42-16-27)30(12-34(37)39)19-43-20-31-6-4-10-46-47-31/h2-13,15-18,24,43H,19-23H2,1H3. The van der Waals surface area contributed by atoms with E-state index < -0.39 is 0 Å². The zero-order valence-corrected chi connectivity index (χ0v) is 28.5. The molecule has 0 saturated carbocycles. The quantitative estimate of drug-likeness (QED) is 0.120. The Bertz CT molecular complexity index is 2110. The molecule has 12 heteroatoms. The predicted molar refractivity (Wildman–Crippen MR) is 190 cm³/mol. The van der Waals surface area contributed by atoms with Gasteiger partial charge in [-0.3, -0.25) is 4.98 Å². The molecule has 6 aromatic rings. The first kappa shape index (κ1) is 34.3. The summed E-state index contributed by atoms with van der Waals surface area (Å²) in [7, 11) is 0. The Morgan fingerprint density at radius 2 is 1.48 bits per heavy atom. The zero-order chi connectivity index (χ0) is 34.7. The average Bonchev–Trinajstić information content (AvgIpc) is 3.15. The summed E-state index contributed by atoms with van der Waals surface area (Å²) in [5.74, 6) is 1.61. The lowest BCUT2D eigenvalue weighted by Crippen LogP contribution is -2.15. The number of ether oxygens (including phenoxy) is 3. The number of hydrogen-bond donors (Lipinski definition) is 1. The molecule has 0 aliphatic carbocycles. The molecular formula is C38H31Cl2N7O3. The normalized spacial score (nSPS) is 10.8. The van der Waals surface area contributed by atoms with Gasteiger partial charge < -0.3 is 19.5 Å². The van der Waals surface area contributed by atoms with E-state index in [1.54, 1.807) is 36.9 Å². The first-order valence-corrected chi connectivity index (χ1v) is 16.4. The van der Waals surface area contributed by atoms with Crippen molar-refractivity contribution in [3.8, 4) is 34.4 Å². The average molecular weight is 705 g/mol. The van der Waals surface area contributed by atoms with Gasteiger partial charge in [-0.15, -0.1) is 0 Å². The van der Waals surface area contributed by atoms with Gasteiger partial charge in [-0.25, -0.2) is 9.97 Å². The van der Waals surface area contributed by atoms with Gasteiger partial charge in [0, 0.05) is 72.4 Å². The number of nitrogens with zero attached hydrogens (tertiary/aromatic N) is 6. The summed E-state index contributed by atoms with van der Waals surface area (Å²) in [5, 5.41) is 21.7. The molecule has 0 aliphatic heterocycles. The number of rotatable bonds is 14. The summed E-state index contributed by atoms with van der Waals surface area (Å²) in [4.78, 5) is 12.2. The highest BCUT2D eigenvalue weighted by Gasteiger charge is 2.16. The van der Waals surface area contributed by atoms with Crippen LogP contribution in [0.3, 0.4) is 0 Å². The van der Waals surface area contributed by atoms with Crippen LogP contribution in [0.5, 0.6) is 17.2 Å². The molecule has 3 heterocycles. The van der Waals surface area contributed by atoms with E-state index in [2.05, 4.69) is 36.5 Å². The van der Waals surface area contributed by atoms with Crippen molar-refractivity contribution in [1.82, 2.24) is 30.5 Å². The van der Waals surface area contributed by atoms with Crippen molar-refractivity contribution in [2.24, 2.45) is 0 Å². The molecule has 10 nitrogen and oxygen atoms in total. The maximum absolute atomic E-state index is 9.29. The monoisotopic (exact) mass is 703 g/mol. The fourth-order valence-electron chi connectivity index (χ4n) is 5.18. The van der Waals surface area contributed by atoms with Gasteiger partial charge in [0.05, 0.1) is 21.3 Å². The molecule has 0 amide bonds. The van der Waals surface area contributed by atoms with Crippen LogP contribution in [-0.2, 0) is 32.9 Å². The minimum Gasteiger partial charge on any atom is -0.488 e. The summed E-state index contributed by atoms with van der Waals surface area (Å²) in [6.07, 6.45) is 9.70. The summed E-state index contributed by atoms with van der Waals surface area (Å²) in [6.45, 7) is 3.73. The van der Waals surface area contributed by atoms with Crippen LogP contribution >= 0.6 is 23.2 Å². The zero-order valence-electron chi connectivity index (χ0n) is 27.0. The number of nitriles is 1. The number of hydrogen-bond acceptors (Lipinski definition) is 10. The molecule has 0 bridgehead atoms. The van der Waals surface area contributed by atoms with Crippen LogP contribution < -0.4 is 19.5 Å². The topological polar surface area (TPSA) is 128 Å². The molecule has 0 fully saturated rings. The van der Waals surface area contributed by atoms with Crippen LogP contribution in [0.15, 0.2) is 104 Å². The number of nitrogens with one attached hydrogen (secondary N) is 1. The minimum absolute atomic E-state index is 0.199. The Morgan fingerprint density at radius 3 is 2.30 bits per heavy atom. The van der Waals surface area contributed by atoms with Gasteiger partial charge in [0.25, 0.3) is 0 Å². The van der Waals surface area contributed by atoms with E-state index in [-0.39, 0.29) is 13.2 Å². The van der Waals surface area contributed by atoms with Crippen LogP contribution in [0.2, 0.25) is 10.0 Å². The van der Waals surface area contributed by atoms with Gasteiger partial charge in [-0.1, -0.05) is 53.5 Å². The Morgan fingerprint density at radius 1 is 0.720 bits per heavy atom. The fourth-order valence-corrected chi connectivity index (χ4v) is 5.71. The molecule has 3 aromatic carbocycles. The molecule has 1 N–H and O–H groups in total. The lowest BCUT2D eigenvalue weighted by atomic mass is 9.96. The van der Waals surface area contributed by atoms with Gasteiger partial charge in [-0.05, 0) is 53.9 Å². The Balaban J connectivity index is 1.20. The van der Waals surface area contributed by atoms with Crippen LogP contribution in [0, 0.1) is 18.3 Å². The lowest BCUT2D eigenvalue weighted by Gasteiger charge is -2.18. The Labute approximate surface area is 299 Å². The molecule has 6 rings (SSSR count). The molecule has 0 aliphatic rings. The molecule has 0 atom stereocenters. The van der Waals surface area contributed by atoms with Gasteiger partial charge >= 0.3 is 0 Å². The van der Waals surface area contributed by atoms with Gasteiger partial charge in [0.15, 0.2) is 0 Å². The highest BCUT2D eigenvalue weighted by atomic mass is 35.5.